The van der Waals surface area contributed by atoms with Gasteiger partial charge in [-0.2, -0.15) is 0 Å². The van der Waals surface area contributed by atoms with Crippen molar-refractivity contribution in [3.63, 3.8) is 0 Å². The Morgan fingerprint density at radius 2 is 1.95 bits per heavy atom. The van der Waals surface area contributed by atoms with Crippen LogP contribution in [0.3, 0.4) is 0 Å². The van der Waals surface area contributed by atoms with E-state index in [-0.39, 0.29) is 6.10 Å². The fraction of sp³-hybridized carbons (Fsp3) is 0.333. The van der Waals surface area contributed by atoms with Crippen molar-refractivity contribution in [3.05, 3.63) is 64.1 Å². The number of hydrogen-bond donors (Lipinski definition) is 1. The fourth-order valence-electron chi connectivity index (χ4n) is 2.68. The van der Waals surface area contributed by atoms with Gasteiger partial charge < -0.3 is 10.1 Å². The molecule has 2 aromatic carbocycles. The van der Waals surface area contributed by atoms with Gasteiger partial charge in [0.15, 0.2) is 0 Å². The first-order chi connectivity index (χ1) is 10.3. The van der Waals surface area contributed by atoms with E-state index in [1.807, 2.05) is 0 Å². The first-order valence-electron chi connectivity index (χ1n) is 7.51. The molecule has 21 heavy (non-hydrogen) atoms. The van der Waals surface area contributed by atoms with Crippen LogP contribution >= 0.6 is 15.9 Å². The smallest absolute Gasteiger partial charge is 0.133 e. The van der Waals surface area contributed by atoms with Crippen LogP contribution in [0.1, 0.15) is 24.0 Å². The second-order valence-corrected chi connectivity index (χ2v) is 6.37. The minimum atomic E-state index is 0.287. The summed E-state index contributed by atoms with van der Waals surface area (Å²) >= 11 is 3.64. The Morgan fingerprint density at radius 1 is 1.10 bits per heavy atom. The summed E-state index contributed by atoms with van der Waals surface area (Å²) < 4.78 is 7.12. The molecule has 1 unspecified atom stereocenters. The predicted octanol–water partition coefficient (Wildman–Crippen LogP) is 4.17. The normalized spacial score (nSPS) is 18.4. The van der Waals surface area contributed by atoms with Crippen molar-refractivity contribution in [2.24, 2.45) is 0 Å². The maximum Gasteiger partial charge on any atom is 0.133 e. The van der Waals surface area contributed by atoms with Crippen LogP contribution in [0.15, 0.2) is 53.0 Å². The molecule has 1 N–H and O–H groups in total. The average Bonchev–Trinajstić information content (AvgIpc) is 2.52. The minimum Gasteiger partial charge on any atom is -0.488 e. The van der Waals surface area contributed by atoms with Gasteiger partial charge in [-0.25, -0.2) is 0 Å². The van der Waals surface area contributed by atoms with Crippen molar-refractivity contribution < 1.29 is 4.74 Å². The number of nitrogens with one attached hydrogen (secondary N) is 1. The molecule has 110 valence electrons. The molecular formula is C18H20BrNO. The average molecular weight is 346 g/mol. The van der Waals surface area contributed by atoms with Gasteiger partial charge in [-0.1, -0.05) is 36.4 Å². The highest BCUT2D eigenvalue weighted by molar-refractivity contribution is 9.10. The van der Waals surface area contributed by atoms with E-state index in [1.54, 1.807) is 0 Å². The largest absolute Gasteiger partial charge is 0.488 e. The lowest BCUT2D eigenvalue weighted by Crippen LogP contribution is -2.37. The van der Waals surface area contributed by atoms with Crippen molar-refractivity contribution in [2.45, 2.75) is 25.4 Å². The monoisotopic (exact) mass is 345 g/mol. The van der Waals surface area contributed by atoms with Crippen molar-refractivity contribution >= 4 is 15.9 Å². The molecule has 2 aromatic rings. The lowest BCUT2D eigenvalue weighted by atomic mass is 10.1. The van der Waals surface area contributed by atoms with Crippen molar-refractivity contribution in [1.82, 2.24) is 5.32 Å². The Balaban J connectivity index is 1.67. The van der Waals surface area contributed by atoms with Crippen molar-refractivity contribution in [1.29, 1.82) is 0 Å². The molecule has 1 saturated heterocycles. The summed E-state index contributed by atoms with van der Waals surface area (Å²) in [6.07, 6.45) is 3.56. The van der Waals surface area contributed by atoms with E-state index in [0.29, 0.717) is 0 Å². The van der Waals surface area contributed by atoms with E-state index in [2.05, 4.69) is 69.8 Å². The van der Waals surface area contributed by atoms with Gasteiger partial charge in [0, 0.05) is 6.54 Å². The van der Waals surface area contributed by atoms with Gasteiger partial charge in [0.05, 0.1) is 4.47 Å². The third-order valence-electron chi connectivity index (χ3n) is 3.79. The molecule has 1 aliphatic rings. The van der Waals surface area contributed by atoms with Crippen LogP contribution in [-0.4, -0.2) is 19.2 Å². The van der Waals surface area contributed by atoms with E-state index >= 15 is 0 Å². The maximum atomic E-state index is 6.08. The Morgan fingerprint density at radius 3 is 2.67 bits per heavy atom. The molecule has 1 fully saturated rings. The van der Waals surface area contributed by atoms with Crippen molar-refractivity contribution in [3.8, 4) is 5.75 Å². The molecule has 1 heterocycles. The van der Waals surface area contributed by atoms with Crippen LogP contribution in [0, 0.1) is 0 Å². The van der Waals surface area contributed by atoms with Crippen molar-refractivity contribution in [2.75, 3.05) is 13.1 Å². The highest BCUT2D eigenvalue weighted by atomic mass is 79.9. The third kappa shape index (κ3) is 4.08. The standard InChI is InChI=1S/C18H20BrNO/c19-17-12-15(11-14-5-2-1-3-6-14)8-9-18(17)21-16-7-4-10-20-13-16/h1-3,5-6,8-9,12,16,20H,4,7,10-11,13H2. The zero-order valence-electron chi connectivity index (χ0n) is 12.0. The molecule has 1 atom stereocenters. The molecule has 0 spiro atoms. The number of benzene rings is 2. The third-order valence-corrected chi connectivity index (χ3v) is 4.41. The zero-order chi connectivity index (χ0) is 14.5. The number of hydrogen-bond acceptors (Lipinski definition) is 2. The number of piperidine rings is 1. The quantitative estimate of drug-likeness (QED) is 0.897. The van der Waals surface area contributed by atoms with Crippen LogP contribution in [0.2, 0.25) is 0 Å². The minimum absolute atomic E-state index is 0.287. The second kappa shape index (κ2) is 7.10. The van der Waals surface area contributed by atoms with E-state index in [4.69, 9.17) is 4.74 Å². The topological polar surface area (TPSA) is 21.3 Å². The lowest BCUT2D eigenvalue weighted by Gasteiger charge is -2.24. The number of halogens is 1. The summed E-state index contributed by atoms with van der Waals surface area (Å²) in [5.41, 5.74) is 2.62. The Bertz CT molecular complexity index is 579. The lowest BCUT2D eigenvalue weighted by molar-refractivity contribution is 0.166. The second-order valence-electron chi connectivity index (χ2n) is 5.51. The molecule has 0 aliphatic carbocycles. The summed E-state index contributed by atoms with van der Waals surface area (Å²) in [6, 6.07) is 16.9. The Labute approximate surface area is 134 Å². The van der Waals surface area contributed by atoms with Gasteiger partial charge in [-0.15, -0.1) is 0 Å². The van der Waals surface area contributed by atoms with E-state index in [9.17, 15) is 0 Å². The van der Waals surface area contributed by atoms with Gasteiger partial charge >= 0.3 is 0 Å². The molecule has 3 heteroatoms. The SMILES string of the molecule is Brc1cc(Cc2ccccc2)ccc1OC1CCCNC1. The first-order valence-corrected chi connectivity index (χ1v) is 8.30. The van der Waals surface area contributed by atoms with Gasteiger partial charge in [-0.05, 0) is 65.0 Å². The molecule has 1 aliphatic heterocycles. The van der Waals surface area contributed by atoms with E-state index in [1.165, 1.54) is 17.5 Å². The maximum absolute atomic E-state index is 6.08. The first kappa shape index (κ1) is 14.6. The number of rotatable bonds is 4. The molecule has 0 bridgehead atoms. The number of ether oxygens (including phenoxy) is 1. The van der Waals surface area contributed by atoms with Crippen LogP contribution in [0.25, 0.3) is 0 Å². The van der Waals surface area contributed by atoms with Crippen LogP contribution in [0.5, 0.6) is 5.75 Å². The van der Waals surface area contributed by atoms with Crippen LogP contribution in [-0.2, 0) is 6.42 Å². The molecule has 3 rings (SSSR count). The summed E-state index contributed by atoms with van der Waals surface area (Å²) in [5, 5.41) is 3.38. The van der Waals surface area contributed by atoms with Gasteiger partial charge in [0.1, 0.15) is 11.9 Å². The van der Waals surface area contributed by atoms with E-state index < -0.39 is 0 Å². The fourth-order valence-corrected chi connectivity index (χ4v) is 3.20. The summed E-state index contributed by atoms with van der Waals surface area (Å²) in [5.74, 6) is 0.945. The summed E-state index contributed by atoms with van der Waals surface area (Å²) in [4.78, 5) is 0. The molecule has 2 nitrogen and oxygen atoms in total. The molecule has 0 aromatic heterocycles. The Kier molecular flexibility index (Phi) is 4.94. The van der Waals surface area contributed by atoms with E-state index in [0.717, 1.165) is 36.2 Å². The summed E-state index contributed by atoms with van der Waals surface area (Å²) in [7, 11) is 0. The zero-order valence-corrected chi connectivity index (χ0v) is 13.6. The van der Waals surface area contributed by atoms with Gasteiger partial charge in [0.25, 0.3) is 0 Å². The predicted molar refractivity (Wildman–Crippen MR) is 89.9 cm³/mol. The highest BCUT2D eigenvalue weighted by Gasteiger charge is 2.15. The molecular weight excluding hydrogens is 326 g/mol. The highest BCUT2D eigenvalue weighted by Crippen LogP contribution is 2.28. The van der Waals surface area contributed by atoms with Crippen LogP contribution < -0.4 is 10.1 Å². The molecule has 0 amide bonds. The van der Waals surface area contributed by atoms with Gasteiger partial charge in [0.2, 0.25) is 0 Å². The van der Waals surface area contributed by atoms with Gasteiger partial charge in [-0.3, -0.25) is 0 Å². The molecule has 0 saturated carbocycles. The summed E-state index contributed by atoms with van der Waals surface area (Å²) in [6.45, 7) is 2.05. The van der Waals surface area contributed by atoms with Crippen LogP contribution in [0.4, 0.5) is 0 Å². The Hall–Kier alpha value is -1.32. The molecule has 0 radical (unpaired) electrons.